The fourth-order valence-corrected chi connectivity index (χ4v) is 1.17. The highest BCUT2D eigenvalue weighted by atomic mass is 79.9. The van der Waals surface area contributed by atoms with Crippen molar-refractivity contribution >= 4 is 28.3 Å². The Kier molecular flexibility index (Phi) is 3.23. The molecule has 0 unspecified atom stereocenters. The monoisotopic (exact) mass is 224 g/mol. The second-order valence-corrected chi connectivity index (χ2v) is 3.36. The summed E-state index contributed by atoms with van der Waals surface area (Å²) in [5.41, 5.74) is 2.21. The lowest BCUT2D eigenvalue weighted by atomic mass is 10.1. The van der Waals surface area contributed by atoms with Crippen LogP contribution in [0.25, 0.3) is 6.08 Å². The van der Waals surface area contributed by atoms with E-state index in [1.165, 1.54) is 11.6 Å². The first-order valence-electron chi connectivity index (χ1n) is 3.62. The molecule has 0 N–H and O–H groups in total. The Bertz CT molecular complexity index is 316. The average Bonchev–Trinajstić information content (AvgIpc) is 2.07. The van der Waals surface area contributed by atoms with Gasteiger partial charge in [-0.2, -0.15) is 0 Å². The van der Waals surface area contributed by atoms with Crippen LogP contribution >= 0.6 is 15.9 Å². The summed E-state index contributed by atoms with van der Waals surface area (Å²) >= 11 is 3.40. The number of carbonyl (C=O) groups excluding carboxylic acids is 1. The molecule has 0 amide bonds. The third-order valence-corrected chi connectivity index (χ3v) is 2.44. The van der Waals surface area contributed by atoms with E-state index in [9.17, 15) is 4.79 Å². The van der Waals surface area contributed by atoms with Crippen molar-refractivity contribution in [2.75, 3.05) is 0 Å². The predicted molar refractivity (Wildman–Crippen MR) is 54.0 cm³/mol. The minimum atomic E-state index is 0.775. The number of hydrogen-bond acceptors (Lipinski definition) is 1. The van der Waals surface area contributed by atoms with E-state index in [1.54, 1.807) is 6.08 Å². The van der Waals surface area contributed by atoms with E-state index >= 15 is 0 Å². The first-order valence-corrected chi connectivity index (χ1v) is 4.41. The number of aryl methyl sites for hydroxylation is 1. The summed E-state index contributed by atoms with van der Waals surface area (Å²) in [6.07, 6.45) is 4.05. The summed E-state index contributed by atoms with van der Waals surface area (Å²) in [6.45, 7) is 2.02. The van der Waals surface area contributed by atoms with E-state index in [4.69, 9.17) is 0 Å². The highest BCUT2D eigenvalue weighted by Gasteiger charge is 1.93. The van der Waals surface area contributed by atoms with Gasteiger partial charge in [0.2, 0.25) is 0 Å². The van der Waals surface area contributed by atoms with Crippen LogP contribution in [0.2, 0.25) is 0 Å². The highest BCUT2D eigenvalue weighted by Crippen LogP contribution is 2.17. The second kappa shape index (κ2) is 4.21. The zero-order valence-electron chi connectivity index (χ0n) is 6.75. The van der Waals surface area contributed by atoms with Gasteiger partial charge >= 0.3 is 0 Å². The highest BCUT2D eigenvalue weighted by molar-refractivity contribution is 9.10. The number of hydrogen-bond donors (Lipinski definition) is 0. The molecular weight excluding hydrogens is 216 g/mol. The van der Waals surface area contributed by atoms with Gasteiger partial charge in [0.25, 0.3) is 0 Å². The third kappa shape index (κ3) is 2.31. The van der Waals surface area contributed by atoms with E-state index in [1.807, 2.05) is 25.1 Å². The summed E-state index contributed by atoms with van der Waals surface area (Å²) in [5.74, 6) is 0. The number of rotatable bonds is 2. The molecule has 0 aromatic heterocycles. The van der Waals surface area contributed by atoms with Crippen LogP contribution in [-0.2, 0) is 4.79 Å². The van der Waals surface area contributed by atoms with Crippen molar-refractivity contribution in [1.29, 1.82) is 0 Å². The maximum absolute atomic E-state index is 10.0. The van der Waals surface area contributed by atoms with Crippen molar-refractivity contribution in [3.8, 4) is 0 Å². The minimum absolute atomic E-state index is 0.775. The van der Waals surface area contributed by atoms with Gasteiger partial charge < -0.3 is 0 Å². The molecule has 1 rings (SSSR count). The molecule has 0 radical (unpaired) electrons. The summed E-state index contributed by atoms with van der Waals surface area (Å²) < 4.78 is 1.09. The normalized spacial score (nSPS) is 10.5. The Morgan fingerprint density at radius 1 is 1.42 bits per heavy atom. The van der Waals surface area contributed by atoms with Crippen LogP contribution in [0.15, 0.2) is 28.7 Å². The molecule has 1 aromatic carbocycles. The molecule has 1 nitrogen and oxygen atoms in total. The Morgan fingerprint density at radius 3 is 2.75 bits per heavy atom. The Hall–Kier alpha value is -0.890. The number of halogens is 1. The summed E-state index contributed by atoms with van der Waals surface area (Å²) in [4.78, 5) is 10.0. The second-order valence-electron chi connectivity index (χ2n) is 2.50. The van der Waals surface area contributed by atoms with Crippen LogP contribution in [0.1, 0.15) is 11.1 Å². The van der Waals surface area contributed by atoms with Crippen LogP contribution in [0.3, 0.4) is 0 Å². The number of aldehydes is 1. The quantitative estimate of drug-likeness (QED) is 0.558. The van der Waals surface area contributed by atoms with Crippen molar-refractivity contribution in [3.05, 3.63) is 39.9 Å². The molecule has 0 atom stereocenters. The largest absolute Gasteiger partial charge is 0.299 e. The molecule has 0 aliphatic carbocycles. The van der Waals surface area contributed by atoms with Crippen molar-refractivity contribution in [2.45, 2.75) is 6.92 Å². The van der Waals surface area contributed by atoms with E-state index in [0.29, 0.717) is 0 Å². The number of carbonyl (C=O) groups is 1. The van der Waals surface area contributed by atoms with Crippen LogP contribution in [0, 0.1) is 6.92 Å². The number of benzene rings is 1. The van der Waals surface area contributed by atoms with E-state index in [-0.39, 0.29) is 0 Å². The van der Waals surface area contributed by atoms with Gasteiger partial charge in [-0.25, -0.2) is 0 Å². The summed E-state index contributed by atoms with van der Waals surface area (Å²) in [6, 6.07) is 5.95. The molecule has 0 aliphatic rings. The van der Waals surface area contributed by atoms with Crippen molar-refractivity contribution in [3.63, 3.8) is 0 Å². The first-order chi connectivity index (χ1) is 5.74. The van der Waals surface area contributed by atoms with Crippen molar-refractivity contribution in [2.24, 2.45) is 0 Å². The molecule has 0 fully saturated rings. The van der Waals surface area contributed by atoms with Crippen molar-refractivity contribution < 1.29 is 4.79 Å². The van der Waals surface area contributed by atoms with Crippen LogP contribution in [-0.4, -0.2) is 6.29 Å². The molecule has 0 aliphatic heterocycles. The van der Waals surface area contributed by atoms with Gasteiger partial charge in [-0.15, -0.1) is 0 Å². The molecule has 1 aromatic rings. The molecule has 0 heterocycles. The van der Waals surface area contributed by atoms with E-state index in [2.05, 4.69) is 15.9 Å². The third-order valence-electron chi connectivity index (χ3n) is 1.55. The Labute approximate surface area is 80.2 Å². The van der Waals surface area contributed by atoms with Gasteiger partial charge in [0, 0.05) is 4.47 Å². The maximum Gasteiger partial charge on any atom is 0.142 e. The molecule has 0 spiro atoms. The van der Waals surface area contributed by atoms with Gasteiger partial charge in [0.05, 0.1) is 0 Å². The lowest BCUT2D eigenvalue weighted by Crippen LogP contribution is -1.77. The number of allylic oxidation sites excluding steroid dienone is 1. The lowest BCUT2D eigenvalue weighted by Gasteiger charge is -1.98. The average molecular weight is 225 g/mol. The molecule has 62 valence electrons. The fraction of sp³-hybridized carbons (Fsp3) is 0.100. The molecule has 12 heavy (non-hydrogen) atoms. The molecule has 0 bridgehead atoms. The summed E-state index contributed by atoms with van der Waals surface area (Å²) in [7, 11) is 0. The Balaban J connectivity index is 2.96. The van der Waals surface area contributed by atoms with Gasteiger partial charge in [-0.05, 0) is 30.2 Å². The minimum Gasteiger partial charge on any atom is -0.299 e. The Morgan fingerprint density at radius 2 is 2.17 bits per heavy atom. The predicted octanol–water partition coefficient (Wildman–Crippen LogP) is 2.97. The maximum atomic E-state index is 10.0. The standard InChI is InChI=1S/C10H9BrO/c1-8-7-9(3-2-6-12)4-5-10(8)11/h2-7H,1H3/b3-2+. The van der Waals surface area contributed by atoms with Crippen LogP contribution < -0.4 is 0 Å². The van der Waals surface area contributed by atoms with E-state index < -0.39 is 0 Å². The van der Waals surface area contributed by atoms with Crippen LogP contribution in [0.5, 0.6) is 0 Å². The zero-order valence-corrected chi connectivity index (χ0v) is 8.34. The van der Waals surface area contributed by atoms with Gasteiger partial charge in [0.1, 0.15) is 6.29 Å². The van der Waals surface area contributed by atoms with Gasteiger partial charge in [0.15, 0.2) is 0 Å². The first kappa shape index (κ1) is 9.20. The molecular formula is C10H9BrO. The summed E-state index contributed by atoms with van der Waals surface area (Å²) in [5, 5.41) is 0. The smallest absolute Gasteiger partial charge is 0.142 e. The molecule has 0 saturated heterocycles. The van der Waals surface area contributed by atoms with E-state index in [0.717, 1.165) is 16.3 Å². The van der Waals surface area contributed by atoms with Gasteiger partial charge in [-0.1, -0.05) is 34.1 Å². The topological polar surface area (TPSA) is 17.1 Å². The zero-order chi connectivity index (χ0) is 8.97. The lowest BCUT2D eigenvalue weighted by molar-refractivity contribution is -0.104. The van der Waals surface area contributed by atoms with Gasteiger partial charge in [-0.3, -0.25) is 4.79 Å². The fourth-order valence-electron chi connectivity index (χ4n) is 0.922. The SMILES string of the molecule is Cc1cc(/C=C/C=O)ccc1Br. The van der Waals surface area contributed by atoms with Crippen LogP contribution in [0.4, 0.5) is 0 Å². The molecule has 0 saturated carbocycles. The van der Waals surface area contributed by atoms with Crippen molar-refractivity contribution in [1.82, 2.24) is 0 Å². The molecule has 2 heteroatoms.